The summed E-state index contributed by atoms with van der Waals surface area (Å²) in [5, 5.41) is 2.46. The first kappa shape index (κ1) is 28.6. The maximum Gasteiger partial charge on any atom is 0.164 e. The predicted molar refractivity (Wildman–Crippen MR) is 201 cm³/mol. The van der Waals surface area contributed by atoms with E-state index in [9.17, 15) is 0 Å². The first-order chi connectivity index (χ1) is 24.3. The number of para-hydroxylation sites is 1. The van der Waals surface area contributed by atoms with Crippen LogP contribution in [0.15, 0.2) is 182 Å². The van der Waals surface area contributed by atoms with Crippen LogP contribution >= 0.6 is 0 Å². The number of hydrogen-bond donors (Lipinski definition) is 0. The van der Waals surface area contributed by atoms with Crippen molar-refractivity contribution in [2.45, 2.75) is 0 Å². The van der Waals surface area contributed by atoms with Gasteiger partial charge >= 0.3 is 0 Å². The smallest absolute Gasteiger partial charge is 0.164 e. The molecule has 0 atom stereocenters. The Hall–Kier alpha value is -6.65. The zero-order valence-electron chi connectivity index (χ0n) is 26.6. The fraction of sp³-hybridized carbons (Fsp3) is 0. The van der Waals surface area contributed by atoms with E-state index in [1.165, 1.54) is 27.5 Å². The molecule has 0 saturated heterocycles. The van der Waals surface area contributed by atoms with Crippen molar-refractivity contribution in [1.29, 1.82) is 0 Å². The minimum atomic E-state index is 0.628. The van der Waals surface area contributed by atoms with Gasteiger partial charge in [-0.3, -0.25) is 0 Å². The molecule has 2 heterocycles. The van der Waals surface area contributed by atoms with Gasteiger partial charge in [0, 0.05) is 33.2 Å². The molecule has 0 spiro atoms. The van der Waals surface area contributed by atoms with Gasteiger partial charge in [0.05, 0.1) is 11.0 Å². The standard InChI is InChI=1S/C45H30N4/c1-4-14-31(15-5-1)32-26-28-35(29-27-32)44-46-43(34-18-8-3-9-19-34)47-45(48-44)36-20-12-21-37(30-36)49-40-24-11-10-22-39(40)42-38(23-13-25-41(42)49)33-16-6-2-7-17-33/h1-30H. The summed E-state index contributed by atoms with van der Waals surface area (Å²) in [6.45, 7) is 0. The van der Waals surface area contributed by atoms with Gasteiger partial charge in [0.25, 0.3) is 0 Å². The van der Waals surface area contributed by atoms with Crippen LogP contribution in [0.5, 0.6) is 0 Å². The van der Waals surface area contributed by atoms with E-state index < -0.39 is 0 Å². The van der Waals surface area contributed by atoms with Crippen LogP contribution in [0.3, 0.4) is 0 Å². The molecular weight excluding hydrogens is 597 g/mol. The Kier molecular flexibility index (Phi) is 7.10. The van der Waals surface area contributed by atoms with Crippen LogP contribution in [0.4, 0.5) is 0 Å². The molecular formula is C45H30N4. The summed E-state index contributed by atoms with van der Waals surface area (Å²) in [6, 6.07) is 63.3. The first-order valence-corrected chi connectivity index (χ1v) is 16.5. The van der Waals surface area contributed by atoms with Crippen molar-refractivity contribution in [2.75, 3.05) is 0 Å². The summed E-state index contributed by atoms with van der Waals surface area (Å²) in [5.41, 5.74) is 10.9. The van der Waals surface area contributed by atoms with Crippen molar-refractivity contribution in [1.82, 2.24) is 19.5 Å². The van der Waals surface area contributed by atoms with Gasteiger partial charge in [-0.2, -0.15) is 0 Å². The van der Waals surface area contributed by atoms with Gasteiger partial charge in [0.15, 0.2) is 17.5 Å². The van der Waals surface area contributed by atoms with Crippen LogP contribution in [0.25, 0.3) is 83.9 Å². The van der Waals surface area contributed by atoms with Crippen LogP contribution in [0, 0.1) is 0 Å². The molecule has 0 amide bonds. The highest BCUT2D eigenvalue weighted by atomic mass is 15.0. The van der Waals surface area contributed by atoms with E-state index in [1.54, 1.807) is 0 Å². The summed E-state index contributed by atoms with van der Waals surface area (Å²) in [6.07, 6.45) is 0. The molecule has 0 aliphatic heterocycles. The molecule has 0 N–H and O–H groups in total. The molecule has 0 fully saturated rings. The summed E-state index contributed by atoms with van der Waals surface area (Å²) in [4.78, 5) is 15.1. The lowest BCUT2D eigenvalue weighted by Gasteiger charge is -2.12. The lowest BCUT2D eigenvalue weighted by atomic mass is 9.99. The molecule has 0 radical (unpaired) electrons. The normalized spacial score (nSPS) is 11.3. The van der Waals surface area contributed by atoms with Gasteiger partial charge in [-0.15, -0.1) is 0 Å². The number of rotatable bonds is 6. The second-order valence-electron chi connectivity index (χ2n) is 12.1. The second-order valence-corrected chi connectivity index (χ2v) is 12.1. The quantitative estimate of drug-likeness (QED) is 0.184. The molecule has 0 aliphatic rings. The second kappa shape index (κ2) is 12.2. The first-order valence-electron chi connectivity index (χ1n) is 16.5. The maximum atomic E-state index is 5.07. The van der Waals surface area contributed by atoms with Gasteiger partial charge in [0.2, 0.25) is 0 Å². The lowest BCUT2D eigenvalue weighted by Crippen LogP contribution is -2.01. The minimum Gasteiger partial charge on any atom is -0.309 e. The van der Waals surface area contributed by atoms with Crippen molar-refractivity contribution in [3.05, 3.63) is 182 Å². The number of benzene rings is 7. The third-order valence-corrected chi connectivity index (χ3v) is 9.06. The van der Waals surface area contributed by atoms with Gasteiger partial charge in [-0.1, -0.05) is 158 Å². The average Bonchev–Trinajstić information content (AvgIpc) is 3.53. The van der Waals surface area contributed by atoms with E-state index in [0.29, 0.717) is 17.5 Å². The largest absolute Gasteiger partial charge is 0.309 e. The topological polar surface area (TPSA) is 43.6 Å². The van der Waals surface area contributed by atoms with Gasteiger partial charge in [-0.25, -0.2) is 15.0 Å². The van der Waals surface area contributed by atoms with Gasteiger partial charge in [0.1, 0.15) is 0 Å². The number of aromatic nitrogens is 4. The number of fused-ring (bicyclic) bond motifs is 3. The molecule has 0 bridgehead atoms. The van der Waals surface area contributed by atoms with Crippen LogP contribution in [0.1, 0.15) is 0 Å². The van der Waals surface area contributed by atoms with E-state index >= 15 is 0 Å². The van der Waals surface area contributed by atoms with Crippen molar-refractivity contribution < 1.29 is 0 Å². The molecule has 0 aliphatic carbocycles. The number of nitrogens with zero attached hydrogens (tertiary/aromatic N) is 4. The van der Waals surface area contributed by atoms with E-state index in [-0.39, 0.29) is 0 Å². The number of hydrogen-bond acceptors (Lipinski definition) is 3. The Morgan fingerprint density at radius 3 is 1.49 bits per heavy atom. The third kappa shape index (κ3) is 5.26. The van der Waals surface area contributed by atoms with Gasteiger partial charge < -0.3 is 4.57 Å². The molecule has 0 unspecified atom stereocenters. The monoisotopic (exact) mass is 626 g/mol. The van der Waals surface area contributed by atoms with E-state index in [1.807, 2.05) is 36.4 Å². The van der Waals surface area contributed by atoms with Crippen LogP contribution in [-0.2, 0) is 0 Å². The van der Waals surface area contributed by atoms with E-state index in [4.69, 9.17) is 15.0 Å². The Morgan fingerprint density at radius 2 is 0.796 bits per heavy atom. The molecule has 4 heteroatoms. The summed E-state index contributed by atoms with van der Waals surface area (Å²) < 4.78 is 2.35. The summed E-state index contributed by atoms with van der Waals surface area (Å²) in [7, 11) is 0. The minimum absolute atomic E-state index is 0.628. The van der Waals surface area contributed by atoms with Crippen molar-refractivity contribution in [3.63, 3.8) is 0 Å². The zero-order chi connectivity index (χ0) is 32.6. The lowest BCUT2D eigenvalue weighted by molar-refractivity contribution is 1.07. The molecule has 230 valence electrons. The van der Waals surface area contributed by atoms with Gasteiger partial charge in [-0.05, 0) is 46.5 Å². The van der Waals surface area contributed by atoms with Crippen LogP contribution < -0.4 is 0 Å². The Bertz CT molecular complexity index is 2570. The predicted octanol–water partition coefficient (Wildman–Crippen LogP) is 11.3. The van der Waals surface area contributed by atoms with Crippen LogP contribution in [-0.4, -0.2) is 19.5 Å². The highest BCUT2D eigenvalue weighted by molar-refractivity contribution is 6.15. The van der Waals surface area contributed by atoms with E-state index in [0.717, 1.165) is 39.0 Å². The highest BCUT2D eigenvalue weighted by Gasteiger charge is 2.18. The SMILES string of the molecule is c1ccc(-c2ccc(-c3nc(-c4ccccc4)nc(-c4cccc(-n5c6ccccc6c6c(-c7ccccc7)cccc65)c4)n3)cc2)cc1. The molecule has 49 heavy (non-hydrogen) atoms. The molecule has 4 nitrogen and oxygen atoms in total. The van der Waals surface area contributed by atoms with Crippen LogP contribution in [0.2, 0.25) is 0 Å². The fourth-order valence-electron chi connectivity index (χ4n) is 6.73. The van der Waals surface area contributed by atoms with Crippen molar-refractivity contribution in [3.8, 4) is 62.1 Å². The molecule has 9 aromatic rings. The van der Waals surface area contributed by atoms with Crippen molar-refractivity contribution in [2.24, 2.45) is 0 Å². The third-order valence-electron chi connectivity index (χ3n) is 9.06. The Labute approximate surface area is 284 Å². The Balaban J connectivity index is 1.20. The fourth-order valence-corrected chi connectivity index (χ4v) is 6.73. The molecule has 0 saturated carbocycles. The molecule has 9 rings (SSSR count). The van der Waals surface area contributed by atoms with E-state index in [2.05, 4.69) is 150 Å². The highest BCUT2D eigenvalue weighted by Crippen LogP contribution is 2.39. The summed E-state index contributed by atoms with van der Waals surface area (Å²) >= 11 is 0. The zero-order valence-corrected chi connectivity index (χ0v) is 26.6. The average molecular weight is 627 g/mol. The molecule has 2 aromatic heterocycles. The van der Waals surface area contributed by atoms with Crippen molar-refractivity contribution >= 4 is 21.8 Å². The Morgan fingerprint density at radius 1 is 0.327 bits per heavy atom. The maximum absolute atomic E-state index is 5.07. The summed E-state index contributed by atoms with van der Waals surface area (Å²) in [5.74, 6) is 1.91. The molecule has 7 aromatic carbocycles.